The summed E-state index contributed by atoms with van der Waals surface area (Å²) in [6, 6.07) is -0.671. The second kappa shape index (κ2) is 3.39. The Hall–Kier alpha value is -1.40. The Bertz CT molecular complexity index is 349. The van der Waals surface area contributed by atoms with E-state index >= 15 is 0 Å². The van der Waals surface area contributed by atoms with Gasteiger partial charge in [-0.15, -0.1) is 0 Å². The van der Waals surface area contributed by atoms with Crippen LogP contribution < -0.4 is 0 Å². The third kappa shape index (κ3) is 1.38. The lowest BCUT2D eigenvalue weighted by molar-refractivity contribution is -0.146. The predicted octanol–water partition coefficient (Wildman–Crippen LogP) is -0.829. The average Bonchev–Trinajstić information content (AvgIpc) is 2.62. The minimum Gasteiger partial charge on any atom is -0.480 e. The second-order valence-corrected chi connectivity index (χ2v) is 3.27. The highest BCUT2D eigenvalue weighted by Crippen LogP contribution is 2.19. The van der Waals surface area contributed by atoms with Crippen LogP contribution in [-0.4, -0.2) is 43.8 Å². The Labute approximate surface area is 80.2 Å². The van der Waals surface area contributed by atoms with E-state index in [0.717, 1.165) is 11.4 Å². The molecule has 2 rings (SSSR count). The molecule has 76 valence electrons. The van der Waals surface area contributed by atoms with E-state index in [9.17, 15) is 4.79 Å². The van der Waals surface area contributed by atoms with Crippen LogP contribution in [0.15, 0.2) is 6.33 Å². The normalized spacial score (nSPS) is 21.9. The molecule has 2 heterocycles. The molecule has 0 unspecified atom stereocenters. The third-order valence-corrected chi connectivity index (χ3v) is 2.46. The number of carboxylic acids is 1. The maximum absolute atomic E-state index is 10.9. The average molecular weight is 197 g/mol. The highest BCUT2D eigenvalue weighted by Gasteiger charge is 2.32. The summed E-state index contributed by atoms with van der Waals surface area (Å²) in [7, 11) is 0. The van der Waals surface area contributed by atoms with E-state index in [4.69, 9.17) is 10.2 Å². The molecule has 1 aromatic rings. The molecule has 0 aliphatic carbocycles. The van der Waals surface area contributed by atoms with Crippen molar-refractivity contribution in [2.24, 2.45) is 0 Å². The monoisotopic (exact) mass is 197 g/mol. The summed E-state index contributed by atoms with van der Waals surface area (Å²) < 4.78 is 0. The Morgan fingerprint density at radius 3 is 3.21 bits per heavy atom. The van der Waals surface area contributed by atoms with Crippen LogP contribution in [0.1, 0.15) is 11.4 Å². The molecule has 1 atom stereocenters. The fourth-order valence-corrected chi connectivity index (χ4v) is 1.68. The largest absolute Gasteiger partial charge is 0.480 e. The Morgan fingerprint density at radius 2 is 2.57 bits per heavy atom. The Kier molecular flexibility index (Phi) is 2.22. The van der Waals surface area contributed by atoms with Gasteiger partial charge in [-0.1, -0.05) is 0 Å². The number of aliphatic hydroxyl groups excluding tert-OH is 1. The van der Waals surface area contributed by atoms with Crippen molar-refractivity contribution in [2.75, 3.05) is 6.73 Å². The van der Waals surface area contributed by atoms with Crippen LogP contribution in [0.3, 0.4) is 0 Å². The molecule has 0 aromatic carbocycles. The summed E-state index contributed by atoms with van der Waals surface area (Å²) in [4.78, 5) is 19.3. The minimum absolute atomic E-state index is 0.255. The number of aliphatic hydroxyl groups is 1. The first kappa shape index (κ1) is 9.17. The van der Waals surface area contributed by atoms with Crippen LogP contribution in [0.25, 0.3) is 0 Å². The van der Waals surface area contributed by atoms with Crippen molar-refractivity contribution in [1.82, 2.24) is 14.9 Å². The quantitative estimate of drug-likeness (QED) is 0.576. The lowest BCUT2D eigenvalue weighted by atomic mass is 10.0. The van der Waals surface area contributed by atoms with Crippen molar-refractivity contribution < 1.29 is 15.0 Å². The third-order valence-electron chi connectivity index (χ3n) is 2.46. The molecular formula is C8H11N3O3. The van der Waals surface area contributed by atoms with E-state index in [1.165, 1.54) is 4.90 Å². The van der Waals surface area contributed by atoms with Crippen molar-refractivity contribution in [2.45, 2.75) is 19.0 Å². The van der Waals surface area contributed by atoms with Crippen LogP contribution in [-0.2, 0) is 17.8 Å². The van der Waals surface area contributed by atoms with Gasteiger partial charge in [-0.05, 0) is 0 Å². The molecule has 0 radical (unpaired) electrons. The van der Waals surface area contributed by atoms with Gasteiger partial charge in [-0.25, -0.2) is 4.98 Å². The van der Waals surface area contributed by atoms with Crippen molar-refractivity contribution in [1.29, 1.82) is 0 Å². The summed E-state index contributed by atoms with van der Waals surface area (Å²) in [6.45, 7) is 0.151. The van der Waals surface area contributed by atoms with E-state index in [2.05, 4.69) is 9.97 Å². The van der Waals surface area contributed by atoms with Crippen molar-refractivity contribution in [3.05, 3.63) is 17.7 Å². The fraction of sp³-hybridized carbons (Fsp3) is 0.500. The predicted molar refractivity (Wildman–Crippen MR) is 46.3 cm³/mol. The number of aromatic amines is 1. The molecule has 0 amide bonds. The number of nitrogens with one attached hydrogen (secondary N) is 1. The summed E-state index contributed by atoms with van der Waals surface area (Å²) in [6.07, 6.45) is 1.89. The lowest BCUT2D eigenvalue weighted by Gasteiger charge is -2.30. The van der Waals surface area contributed by atoms with Gasteiger partial charge < -0.3 is 15.2 Å². The topological polar surface area (TPSA) is 89.4 Å². The highest BCUT2D eigenvalue weighted by atomic mass is 16.4. The molecule has 14 heavy (non-hydrogen) atoms. The highest BCUT2D eigenvalue weighted by molar-refractivity contribution is 5.74. The van der Waals surface area contributed by atoms with Gasteiger partial charge in [0.05, 0.1) is 24.4 Å². The van der Waals surface area contributed by atoms with E-state index in [-0.39, 0.29) is 6.73 Å². The molecule has 0 spiro atoms. The summed E-state index contributed by atoms with van der Waals surface area (Å²) in [5.41, 5.74) is 1.67. The van der Waals surface area contributed by atoms with Crippen molar-refractivity contribution in [3.8, 4) is 0 Å². The van der Waals surface area contributed by atoms with Crippen LogP contribution in [0.5, 0.6) is 0 Å². The maximum atomic E-state index is 10.9. The number of aliphatic carboxylic acids is 1. The zero-order valence-corrected chi connectivity index (χ0v) is 7.47. The number of rotatable bonds is 2. The molecule has 6 nitrogen and oxygen atoms in total. The lowest BCUT2D eigenvalue weighted by Crippen LogP contribution is -2.45. The van der Waals surface area contributed by atoms with Gasteiger partial charge in [0.2, 0.25) is 0 Å². The van der Waals surface area contributed by atoms with E-state index in [1.807, 2.05) is 0 Å². The fourth-order valence-electron chi connectivity index (χ4n) is 1.68. The number of aromatic nitrogens is 2. The van der Waals surface area contributed by atoms with Gasteiger partial charge in [0, 0.05) is 13.0 Å². The smallest absolute Gasteiger partial charge is 0.321 e. The minimum atomic E-state index is -0.923. The number of carboxylic acid groups (broad SMARTS) is 1. The van der Waals surface area contributed by atoms with E-state index in [1.54, 1.807) is 6.33 Å². The zero-order chi connectivity index (χ0) is 10.1. The SMILES string of the molecule is O=C(O)[C@@H]1Cc2nc[nH]c2CN1CO. The van der Waals surface area contributed by atoms with Crippen LogP contribution in [0.2, 0.25) is 0 Å². The van der Waals surface area contributed by atoms with Crippen molar-refractivity contribution >= 4 is 5.97 Å². The Balaban J connectivity index is 2.26. The molecular weight excluding hydrogens is 186 g/mol. The standard InChI is InChI=1S/C8H11N3O3/c12-4-11-2-6-5(9-3-10-6)1-7(11)8(13)14/h3,7,12H,1-2,4H2,(H,9,10)(H,13,14)/t7-/m0/s1. The number of hydrogen-bond donors (Lipinski definition) is 3. The first-order valence-electron chi connectivity index (χ1n) is 4.31. The maximum Gasteiger partial charge on any atom is 0.321 e. The van der Waals surface area contributed by atoms with Crippen LogP contribution in [0.4, 0.5) is 0 Å². The number of nitrogens with zero attached hydrogens (tertiary/aromatic N) is 2. The van der Waals surface area contributed by atoms with Crippen LogP contribution >= 0.6 is 0 Å². The first-order valence-corrected chi connectivity index (χ1v) is 4.31. The molecule has 1 aliphatic rings. The van der Waals surface area contributed by atoms with Gasteiger partial charge in [0.15, 0.2) is 0 Å². The summed E-state index contributed by atoms with van der Waals surface area (Å²) >= 11 is 0. The molecule has 1 aliphatic heterocycles. The van der Waals surface area contributed by atoms with Crippen molar-refractivity contribution in [3.63, 3.8) is 0 Å². The second-order valence-electron chi connectivity index (χ2n) is 3.27. The van der Waals surface area contributed by atoms with Crippen LogP contribution in [0, 0.1) is 0 Å². The number of imidazole rings is 1. The first-order chi connectivity index (χ1) is 6.72. The van der Waals surface area contributed by atoms with Gasteiger partial charge in [-0.2, -0.15) is 0 Å². The molecule has 0 saturated heterocycles. The number of carbonyl (C=O) groups is 1. The van der Waals surface area contributed by atoms with Gasteiger partial charge in [-0.3, -0.25) is 9.69 Å². The zero-order valence-electron chi connectivity index (χ0n) is 7.47. The molecule has 1 aromatic heterocycles. The number of H-pyrrole nitrogens is 1. The summed E-state index contributed by atoms with van der Waals surface area (Å²) in [5, 5.41) is 17.9. The van der Waals surface area contributed by atoms with Gasteiger partial charge in [0.1, 0.15) is 6.04 Å². The molecule has 0 bridgehead atoms. The van der Waals surface area contributed by atoms with E-state index in [0.29, 0.717) is 13.0 Å². The Morgan fingerprint density at radius 1 is 1.79 bits per heavy atom. The molecule has 0 fully saturated rings. The van der Waals surface area contributed by atoms with Gasteiger partial charge in [0.25, 0.3) is 0 Å². The van der Waals surface area contributed by atoms with E-state index < -0.39 is 12.0 Å². The van der Waals surface area contributed by atoms with Gasteiger partial charge >= 0.3 is 5.97 Å². The summed E-state index contributed by atoms with van der Waals surface area (Å²) in [5.74, 6) is -0.923. The number of hydrogen-bond acceptors (Lipinski definition) is 4. The molecule has 6 heteroatoms. The molecule has 3 N–H and O–H groups in total. The molecule has 0 saturated carbocycles. The number of fused-ring (bicyclic) bond motifs is 1.